The predicted molar refractivity (Wildman–Crippen MR) is 83.7 cm³/mol. The summed E-state index contributed by atoms with van der Waals surface area (Å²) in [5.41, 5.74) is 3.72. The third-order valence-corrected chi connectivity index (χ3v) is 4.88. The van der Waals surface area contributed by atoms with E-state index in [1.54, 1.807) is 7.11 Å². The number of pyridine rings is 1. The van der Waals surface area contributed by atoms with Gasteiger partial charge in [-0.25, -0.2) is 0 Å². The Balaban J connectivity index is 1.80. The number of aromatic nitrogens is 1. The molecular weight excluding hydrogens is 264 g/mol. The summed E-state index contributed by atoms with van der Waals surface area (Å²) in [5, 5.41) is 3.57. The largest absolute Gasteiger partial charge is 0.383 e. The molecule has 0 unspecified atom stereocenters. The topological polar surface area (TPSA) is 43.3 Å². The maximum Gasteiger partial charge on any atom is 0.255 e. The molecule has 0 aromatic carbocycles. The van der Waals surface area contributed by atoms with Crippen molar-refractivity contribution in [3.63, 3.8) is 0 Å². The van der Waals surface area contributed by atoms with Crippen LogP contribution in [-0.4, -0.2) is 24.3 Å². The van der Waals surface area contributed by atoms with E-state index < -0.39 is 0 Å². The summed E-state index contributed by atoms with van der Waals surface area (Å²) in [6.07, 6.45) is 8.45. The van der Waals surface area contributed by atoms with Gasteiger partial charge in [0.1, 0.15) is 0 Å². The van der Waals surface area contributed by atoms with Crippen LogP contribution in [-0.2, 0) is 30.7 Å². The summed E-state index contributed by atoms with van der Waals surface area (Å²) in [6, 6.07) is 2.75. The van der Waals surface area contributed by atoms with E-state index in [4.69, 9.17) is 4.74 Å². The van der Waals surface area contributed by atoms with Gasteiger partial charge in [0.05, 0.1) is 6.61 Å². The molecule has 116 valence electrons. The van der Waals surface area contributed by atoms with Gasteiger partial charge < -0.3 is 14.6 Å². The Morgan fingerprint density at radius 3 is 2.86 bits per heavy atom. The van der Waals surface area contributed by atoms with E-state index in [0.717, 1.165) is 18.4 Å². The van der Waals surface area contributed by atoms with Gasteiger partial charge >= 0.3 is 0 Å². The third-order valence-electron chi connectivity index (χ3n) is 4.88. The first-order valence-electron chi connectivity index (χ1n) is 8.26. The first-order valence-corrected chi connectivity index (χ1v) is 8.26. The van der Waals surface area contributed by atoms with Crippen molar-refractivity contribution in [1.82, 2.24) is 9.88 Å². The number of aryl methyl sites for hydroxylation is 1. The number of nitrogens with one attached hydrogen (secondary N) is 1. The fourth-order valence-electron chi connectivity index (χ4n) is 3.71. The van der Waals surface area contributed by atoms with Crippen LogP contribution in [0.5, 0.6) is 0 Å². The van der Waals surface area contributed by atoms with E-state index in [9.17, 15) is 4.79 Å². The Morgan fingerprint density at radius 2 is 2.10 bits per heavy atom. The summed E-state index contributed by atoms with van der Waals surface area (Å²) >= 11 is 0. The minimum atomic E-state index is 0.179. The molecule has 1 fully saturated rings. The van der Waals surface area contributed by atoms with Gasteiger partial charge in [-0.15, -0.1) is 0 Å². The number of methoxy groups -OCH3 is 1. The first kappa shape index (κ1) is 14.8. The Hall–Kier alpha value is -1.13. The number of rotatable bonds is 6. The van der Waals surface area contributed by atoms with Crippen molar-refractivity contribution in [3.05, 3.63) is 33.2 Å². The lowest BCUT2D eigenvalue weighted by molar-refractivity contribution is 0.185. The summed E-state index contributed by atoms with van der Waals surface area (Å²) in [4.78, 5) is 12.7. The SMILES string of the molecule is COCCn1c2c(cc(CNC3CCCC3)c1=O)CCC2. The van der Waals surface area contributed by atoms with E-state index in [-0.39, 0.29) is 5.56 Å². The molecule has 2 aliphatic rings. The molecule has 1 aromatic rings. The predicted octanol–water partition coefficient (Wildman–Crippen LogP) is 2.02. The van der Waals surface area contributed by atoms with Gasteiger partial charge in [0, 0.05) is 37.5 Å². The summed E-state index contributed by atoms with van der Waals surface area (Å²) < 4.78 is 7.12. The van der Waals surface area contributed by atoms with Crippen LogP contribution < -0.4 is 10.9 Å². The Morgan fingerprint density at radius 1 is 1.29 bits per heavy atom. The monoisotopic (exact) mass is 290 g/mol. The maximum atomic E-state index is 12.7. The highest BCUT2D eigenvalue weighted by molar-refractivity contribution is 5.30. The molecular formula is C17H26N2O2. The number of ether oxygens (including phenoxy) is 1. The molecule has 0 spiro atoms. The minimum Gasteiger partial charge on any atom is -0.383 e. The molecule has 4 nitrogen and oxygen atoms in total. The lowest BCUT2D eigenvalue weighted by atomic mass is 10.1. The van der Waals surface area contributed by atoms with Gasteiger partial charge in [-0.1, -0.05) is 12.8 Å². The van der Waals surface area contributed by atoms with E-state index in [1.165, 1.54) is 43.4 Å². The van der Waals surface area contributed by atoms with Crippen LogP contribution in [0.3, 0.4) is 0 Å². The fourth-order valence-corrected chi connectivity index (χ4v) is 3.71. The Kier molecular flexibility index (Phi) is 4.76. The van der Waals surface area contributed by atoms with E-state index in [0.29, 0.717) is 25.7 Å². The van der Waals surface area contributed by atoms with Crippen molar-refractivity contribution >= 4 is 0 Å². The lowest BCUT2D eigenvalue weighted by Crippen LogP contribution is -2.33. The zero-order chi connectivity index (χ0) is 14.7. The Bertz CT molecular complexity index is 544. The maximum absolute atomic E-state index is 12.7. The van der Waals surface area contributed by atoms with Gasteiger partial charge in [0.2, 0.25) is 0 Å². The van der Waals surface area contributed by atoms with E-state index >= 15 is 0 Å². The van der Waals surface area contributed by atoms with Gasteiger partial charge in [-0.3, -0.25) is 4.79 Å². The van der Waals surface area contributed by atoms with Gasteiger partial charge in [0.25, 0.3) is 5.56 Å². The summed E-state index contributed by atoms with van der Waals surface area (Å²) in [5.74, 6) is 0. The van der Waals surface area contributed by atoms with Crippen LogP contribution >= 0.6 is 0 Å². The van der Waals surface area contributed by atoms with Crippen LogP contribution in [0.1, 0.15) is 48.9 Å². The molecule has 0 amide bonds. The second kappa shape index (κ2) is 6.75. The average Bonchev–Trinajstić information content (AvgIpc) is 3.15. The number of fused-ring (bicyclic) bond motifs is 1. The third kappa shape index (κ3) is 3.22. The highest BCUT2D eigenvalue weighted by atomic mass is 16.5. The number of hydrogen-bond donors (Lipinski definition) is 1. The van der Waals surface area contributed by atoms with Gasteiger partial charge in [-0.2, -0.15) is 0 Å². The number of nitrogens with zero attached hydrogens (tertiary/aromatic N) is 1. The molecule has 0 radical (unpaired) electrons. The second-order valence-electron chi connectivity index (χ2n) is 6.31. The molecule has 1 aromatic heterocycles. The van der Waals surface area contributed by atoms with Crippen molar-refractivity contribution in [2.75, 3.05) is 13.7 Å². The van der Waals surface area contributed by atoms with Crippen LogP contribution in [0.15, 0.2) is 10.9 Å². The second-order valence-corrected chi connectivity index (χ2v) is 6.31. The van der Waals surface area contributed by atoms with Crippen LogP contribution in [0, 0.1) is 0 Å². The fraction of sp³-hybridized carbons (Fsp3) is 0.706. The van der Waals surface area contributed by atoms with Gasteiger partial charge in [-0.05, 0) is 43.7 Å². The molecule has 1 saturated carbocycles. The quantitative estimate of drug-likeness (QED) is 0.871. The lowest BCUT2D eigenvalue weighted by Gasteiger charge is -2.16. The van der Waals surface area contributed by atoms with Crippen molar-refractivity contribution < 1.29 is 4.74 Å². The minimum absolute atomic E-state index is 0.179. The van der Waals surface area contributed by atoms with E-state index in [1.807, 2.05) is 4.57 Å². The molecule has 0 atom stereocenters. The average molecular weight is 290 g/mol. The van der Waals surface area contributed by atoms with Crippen molar-refractivity contribution in [2.24, 2.45) is 0 Å². The molecule has 1 heterocycles. The van der Waals surface area contributed by atoms with Crippen LogP contribution in [0.2, 0.25) is 0 Å². The Labute approximate surface area is 126 Å². The molecule has 0 saturated heterocycles. The smallest absolute Gasteiger partial charge is 0.255 e. The molecule has 0 aliphatic heterocycles. The van der Waals surface area contributed by atoms with Crippen LogP contribution in [0.25, 0.3) is 0 Å². The number of hydrogen-bond acceptors (Lipinski definition) is 3. The molecule has 4 heteroatoms. The first-order chi connectivity index (χ1) is 10.3. The van der Waals surface area contributed by atoms with Crippen molar-refractivity contribution in [3.8, 4) is 0 Å². The normalized spacial score (nSPS) is 18.3. The summed E-state index contributed by atoms with van der Waals surface area (Å²) in [6.45, 7) is 1.99. The molecule has 1 N–H and O–H groups in total. The van der Waals surface area contributed by atoms with Gasteiger partial charge in [0.15, 0.2) is 0 Å². The zero-order valence-corrected chi connectivity index (χ0v) is 13.0. The van der Waals surface area contributed by atoms with Crippen molar-refractivity contribution in [1.29, 1.82) is 0 Å². The summed E-state index contributed by atoms with van der Waals surface area (Å²) in [7, 11) is 1.69. The molecule has 3 rings (SSSR count). The standard InChI is InChI=1S/C17H26N2O2/c1-21-10-9-19-16-8-4-5-13(16)11-14(17(19)20)12-18-15-6-2-3-7-15/h11,15,18H,2-10,12H2,1H3. The molecule has 2 aliphatic carbocycles. The molecule has 21 heavy (non-hydrogen) atoms. The zero-order valence-electron chi connectivity index (χ0n) is 13.0. The highest BCUT2D eigenvalue weighted by Crippen LogP contribution is 2.22. The van der Waals surface area contributed by atoms with E-state index in [2.05, 4.69) is 11.4 Å². The molecule has 0 bridgehead atoms. The highest BCUT2D eigenvalue weighted by Gasteiger charge is 2.20. The van der Waals surface area contributed by atoms with Crippen LogP contribution in [0.4, 0.5) is 0 Å². The van der Waals surface area contributed by atoms with Crippen molar-refractivity contribution in [2.45, 2.75) is 64.1 Å².